The molecule has 0 unspecified atom stereocenters. The van der Waals surface area contributed by atoms with Crippen molar-refractivity contribution in [2.75, 3.05) is 6.26 Å². The highest BCUT2D eigenvalue weighted by atomic mass is 32.2. The smallest absolute Gasteiger partial charge is 0.337 e. The summed E-state index contributed by atoms with van der Waals surface area (Å²) in [6.45, 7) is 3.60. The van der Waals surface area contributed by atoms with Crippen LogP contribution in [-0.2, 0) is 14.3 Å². The van der Waals surface area contributed by atoms with Crippen molar-refractivity contribution >= 4 is 23.6 Å². The molecular formula is C16H17NO3S. The summed E-state index contributed by atoms with van der Waals surface area (Å²) in [7, 11) is 0. The Morgan fingerprint density at radius 2 is 1.90 bits per heavy atom. The fraction of sp³-hybridized carbons (Fsp3) is 0.375. The highest BCUT2D eigenvalue weighted by Crippen LogP contribution is 2.42. The number of carbonyl (C=O) groups is 2. The molecule has 1 N–H and O–H groups in total. The lowest BCUT2D eigenvalue weighted by atomic mass is 9.83. The van der Waals surface area contributed by atoms with Gasteiger partial charge in [-0.3, -0.25) is 4.79 Å². The summed E-state index contributed by atoms with van der Waals surface area (Å²) in [5.41, 5.74) is 1.42. The minimum absolute atomic E-state index is 0.0703. The Bertz CT molecular complexity index is 646. The number of esters is 1. The molecule has 0 bridgehead atoms. The number of nitrogens with one attached hydrogen (secondary N) is 1. The number of hydrogen-bond acceptors (Lipinski definition) is 4. The van der Waals surface area contributed by atoms with Gasteiger partial charge >= 0.3 is 5.97 Å². The quantitative estimate of drug-likeness (QED) is 0.674. The van der Waals surface area contributed by atoms with E-state index in [4.69, 9.17) is 4.74 Å². The Morgan fingerprint density at radius 3 is 2.52 bits per heavy atom. The number of thioether (sulfide) groups is 1. The van der Waals surface area contributed by atoms with Crippen LogP contribution in [0, 0.1) is 0 Å². The first-order chi connectivity index (χ1) is 9.92. The second kappa shape index (κ2) is 4.91. The monoisotopic (exact) mass is 303 g/mol. The predicted molar refractivity (Wildman–Crippen MR) is 80.9 cm³/mol. The number of ether oxygens (including phenoxy) is 1. The van der Waals surface area contributed by atoms with Crippen molar-refractivity contribution in [1.29, 1.82) is 0 Å². The van der Waals surface area contributed by atoms with E-state index in [1.54, 1.807) is 25.6 Å². The third-order valence-electron chi connectivity index (χ3n) is 3.96. The van der Waals surface area contributed by atoms with E-state index in [0.29, 0.717) is 11.3 Å². The molecule has 0 spiro atoms. The zero-order valence-electron chi connectivity index (χ0n) is 12.2. The minimum atomic E-state index is -0.764. The van der Waals surface area contributed by atoms with Crippen molar-refractivity contribution in [3.8, 4) is 0 Å². The van der Waals surface area contributed by atoms with Crippen LogP contribution in [0.2, 0.25) is 0 Å². The maximum absolute atomic E-state index is 12.2. The van der Waals surface area contributed by atoms with Crippen LogP contribution in [0.1, 0.15) is 31.7 Å². The molecule has 0 aromatic heterocycles. The molecule has 0 saturated heterocycles. The molecule has 110 valence electrons. The van der Waals surface area contributed by atoms with Crippen LogP contribution in [0.15, 0.2) is 40.4 Å². The Kier molecular flexibility index (Phi) is 3.32. The second-order valence-corrected chi connectivity index (χ2v) is 6.65. The molecule has 1 aromatic rings. The Labute approximate surface area is 127 Å². The van der Waals surface area contributed by atoms with Gasteiger partial charge in [0.05, 0.1) is 11.3 Å². The molecule has 2 aliphatic rings. The molecule has 21 heavy (non-hydrogen) atoms. The van der Waals surface area contributed by atoms with Crippen LogP contribution in [0.4, 0.5) is 0 Å². The summed E-state index contributed by atoms with van der Waals surface area (Å²) in [4.78, 5) is 25.3. The van der Waals surface area contributed by atoms with Gasteiger partial charge in [-0.1, -0.05) is 12.1 Å². The number of carbonyl (C=O) groups excluding carboxylic acids is 2. The highest BCUT2D eigenvalue weighted by molar-refractivity contribution is 7.98. The number of rotatable bonds is 2. The average Bonchev–Trinajstić information content (AvgIpc) is 2.68. The molecule has 2 aliphatic heterocycles. The van der Waals surface area contributed by atoms with Crippen LogP contribution >= 0.6 is 11.8 Å². The lowest BCUT2D eigenvalue weighted by Crippen LogP contribution is -2.38. The minimum Gasteiger partial charge on any atom is -0.450 e. The van der Waals surface area contributed by atoms with E-state index in [0.717, 1.165) is 10.5 Å². The molecular weight excluding hydrogens is 286 g/mol. The Morgan fingerprint density at radius 1 is 1.24 bits per heavy atom. The van der Waals surface area contributed by atoms with Gasteiger partial charge in [0, 0.05) is 17.2 Å². The molecule has 0 saturated carbocycles. The molecule has 1 aromatic carbocycles. The van der Waals surface area contributed by atoms with Gasteiger partial charge in [0.15, 0.2) is 0 Å². The fourth-order valence-electron chi connectivity index (χ4n) is 2.90. The van der Waals surface area contributed by atoms with Gasteiger partial charge in [-0.15, -0.1) is 11.8 Å². The van der Waals surface area contributed by atoms with E-state index in [1.807, 2.05) is 30.5 Å². The normalized spacial score (nSPS) is 23.7. The average molecular weight is 303 g/mol. The maximum Gasteiger partial charge on any atom is 0.337 e. The number of hydrogen-bond donors (Lipinski definition) is 1. The SMILES string of the molecule is CSc1ccc([C@H]2CC(=O)NC3=C2C(=O)OC3(C)C)cc1. The predicted octanol–water partition coefficient (Wildman–Crippen LogP) is 2.60. The fourth-order valence-corrected chi connectivity index (χ4v) is 3.31. The van der Waals surface area contributed by atoms with Gasteiger partial charge in [0.25, 0.3) is 0 Å². The molecule has 0 radical (unpaired) electrons. The largest absolute Gasteiger partial charge is 0.450 e. The van der Waals surface area contributed by atoms with E-state index in [9.17, 15) is 9.59 Å². The van der Waals surface area contributed by atoms with Crippen molar-refractivity contribution in [1.82, 2.24) is 5.32 Å². The van der Waals surface area contributed by atoms with Gasteiger partial charge in [-0.25, -0.2) is 4.79 Å². The Balaban J connectivity index is 2.06. The lowest BCUT2D eigenvalue weighted by molar-refractivity contribution is -0.144. The molecule has 5 heteroatoms. The van der Waals surface area contributed by atoms with Crippen LogP contribution in [-0.4, -0.2) is 23.7 Å². The highest BCUT2D eigenvalue weighted by Gasteiger charge is 2.47. The molecule has 4 nitrogen and oxygen atoms in total. The standard InChI is InChI=1S/C16H17NO3S/c1-16(2)14-13(15(19)20-16)11(8-12(18)17-14)9-4-6-10(21-3)7-5-9/h4-7,11H,8H2,1-3H3,(H,17,18)/t11-/m1/s1. The summed E-state index contributed by atoms with van der Waals surface area (Å²) < 4.78 is 5.41. The van der Waals surface area contributed by atoms with Gasteiger partial charge < -0.3 is 10.1 Å². The van der Waals surface area contributed by atoms with Crippen molar-refractivity contribution in [3.63, 3.8) is 0 Å². The van der Waals surface area contributed by atoms with E-state index < -0.39 is 5.60 Å². The van der Waals surface area contributed by atoms with Gasteiger partial charge in [0.2, 0.25) is 5.91 Å². The van der Waals surface area contributed by atoms with Crippen LogP contribution in [0.5, 0.6) is 0 Å². The molecule has 0 fully saturated rings. The van der Waals surface area contributed by atoms with Crippen molar-refractivity contribution in [3.05, 3.63) is 41.1 Å². The zero-order chi connectivity index (χ0) is 15.2. The van der Waals surface area contributed by atoms with Gasteiger partial charge in [-0.05, 0) is 37.8 Å². The summed E-state index contributed by atoms with van der Waals surface area (Å²) in [6, 6.07) is 7.99. The topological polar surface area (TPSA) is 55.4 Å². The van der Waals surface area contributed by atoms with Crippen LogP contribution in [0.25, 0.3) is 0 Å². The third kappa shape index (κ3) is 2.35. The molecule has 3 rings (SSSR count). The second-order valence-electron chi connectivity index (χ2n) is 5.77. The number of cyclic esters (lactones) is 1. The van der Waals surface area contributed by atoms with Crippen molar-refractivity contribution < 1.29 is 14.3 Å². The maximum atomic E-state index is 12.2. The van der Waals surface area contributed by atoms with Crippen molar-refractivity contribution in [2.24, 2.45) is 0 Å². The summed E-state index contributed by atoms with van der Waals surface area (Å²) in [6.07, 6.45) is 2.29. The lowest BCUT2D eigenvalue weighted by Gasteiger charge is -2.27. The molecule has 0 aliphatic carbocycles. The summed E-state index contributed by atoms with van der Waals surface area (Å²) in [5, 5.41) is 2.81. The zero-order valence-corrected chi connectivity index (χ0v) is 13.0. The third-order valence-corrected chi connectivity index (χ3v) is 4.70. The van der Waals surface area contributed by atoms with Crippen LogP contribution < -0.4 is 5.32 Å². The number of benzene rings is 1. The molecule has 2 heterocycles. The van der Waals surface area contributed by atoms with E-state index in [2.05, 4.69) is 5.32 Å². The molecule has 1 atom stereocenters. The van der Waals surface area contributed by atoms with E-state index in [-0.39, 0.29) is 24.2 Å². The van der Waals surface area contributed by atoms with E-state index >= 15 is 0 Å². The van der Waals surface area contributed by atoms with Crippen molar-refractivity contribution in [2.45, 2.75) is 36.7 Å². The van der Waals surface area contributed by atoms with Gasteiger partial charge in [0.1, 0.15) is 5.60 Å². The first kappa shape index (κ1) is 14.2. The summed E-state index contributed by atoms with van der Waals surface area (Å²) >= 11 is 1.66. The molecule has 1 amide bonds. The first-order valence-corrected chi connectivity index (χ1v) is 8.06. The van der Waals surface area contributed by atoms with Gasteiger partial charge in [-0.2, -0.15) is 0 Å². The first-order valence-electron chi connectivity index (χ1n) is 6.84. The summed E-state index contributed by atoms with van der Waals surface area (Å²) in [5.74, 6) is -0.619. The Hall–Kier alpha value is -1.75. The van der Waals surface area contributed by atoms with E-state index in [1.165, 1.54) is 0 Å². The number of amides is 1. The van der Waals surface area contributed by atoms with Crippen LogP contribution in [0.3, 0.4) is 0 Å².